The summed E-state index contributed by atoms with van der Waals surface area (Å²) in [6, 6.07) is 3.73. The maximum absolute atomic E-state index is 10.1. The third kappa shape index (κ3) is 2.61. The van der Waals surface area contributed by atoms with Crippen molar-refractivity contribution < 1.29 is 10.2 Å². The summed E-state index contributed by atoms with van der Waals surface area (Å²) in [5, 5.41) is 23.0. The van der Waals surface area contributed by atoms with E-state index in [2.05, 4.69) is 5.32 Å². The van der Waals surface area contributed by atoms with Gasteiger partial charge in [-0.25, -0.2) is 0 Å². The molecule has 0 heterocycles. The molecule has 1 aromatic carbocycles. The van der Waals surface area contributed by atoms with E-state index in [9.17, 15) is 10.2 Å². The molecule has 0 bridgehead atoms. The Bertz CT molecular complexity index is 390. The lowest BCUT2D eigenvalue weighted by Crippen LogP contribution is -2.18. The van der Waals surface area contributed by atoms with Gasteiger partial charge in [0.1, 0.15) is 5.75 Å². The Morgan fingerprint density at radius 1 is 1.24 bits per heavy atom. The molecule has 3 nitrogen and oxygen atoms in total. The van der Waals surface area contributed by atoms with Crippen LogP contribution >= 0.6 is 0 Å². The molecule has 0 saturated carbocycles. The second-order valence-electron chi connectivity index (χ2n) is 4.77. The van der Waals surface area contributed by atoms with Crippen molar-refractivity contribution in [2.45, 2.75) is 38.2 Å². The molecule has 3 heteroatoms. The lowest BCUT2D eigenvalue weighted by atomic mass is 9.93. The highest BCUT2D eigenvalue weighted by atomic mass is 16.3. The van der Waals surface area contributed by atoms with E-state index in [-0.39, 0.29) is 5.75 Å². The smallest absolute Gasteiger partial charge is 0.121 e. The zero-order valence-corrected chi connectivity index (χ0v) is 10.4. The minimum absolute atomic E-state index is 0.230. The Labute approximate surface area is 102 Å². The monoisotopic (exact) mass is 235 g/mol. The molecule has 1 aliphatic carbocycles. The molecule has 0 fully saturated rings. The Morgan fingerprint density at radius 2 is 2.00 bits per heavy atom. The Morgan fingerprint density at radius 3 is 2.76 bits per heavy atom. The van der Waals surface area contributed by atoms with E-state index in [1.54, 1.807) is 6.07 Å². The normalized spacial score (nSPS) is 17.3. The fourth-order valence-corrected chi connectivity index (χ4v) is 2.69. The molecule has 0 radical (unpaired) electrons. The largest absolute Gasteiger partial charge is 0.508 e. The van der Waals surface area contributed by atoms with Gasteiger partial charge in [0.05, 0.1) is 6.10 Å². The molecule has 1 aliphatic rings. The van der Waals surface area contributed by atoms with Gasteiger partial charge in [0.25, 0.3) is 0 Å². The van der Waals surface area contributed by atoms with Gasteiger partial charge < -0.3 is 15.5 Å². The SMILES string of the molecule is CNCC(O)c1c(O)ccc2c1CCCCC2. The first kappa shape index (κ1) is 12.4. The first-order chi connectivity index (χ1) is 8.24. The number of phenols is 1. The van der Waals surface area contributed by atoms with Gasteiger partial charge in [0.2, 0.25) is 0 Å². The van der Waals surface area contributed by atoms with Crippen LogP contribution in [0.1, 0.15) is 42.1 Å². The number of aromatic hydroxyl groups is 1. The highest BCUT2D eigenvalue weighted by Crippen LogP contribution is 2.33. The van der Waals surface area contributed by atoms with Crippen LogP contribution in [0.3, 0.4) is 0 Å². The number of phenolic OH excluding ortho intramolecular Hbond substituents is 1. The summed E-state index contributed by atoms with van der Waals surface area (Å²) in [4.78, 5) is 0. The van der Waals surface area contributed by atoms with Crippen molar-refractivity contribution in [3.8, 4) is 5.75 Å². The molecule has 0 aromatic heterocycles. The maximum Gasteiger partial charge on any atom is 0.121 e. The topological polar surface area (TPSA) is 52.5 Å². The summed E-state index contributed by atoms with van der Waals surface area (Å²) >= 11 is 0. The minimum Gasteiger partial charge on any atom is -0.508 e. The van der Waals surface area contributed by atoms with Gasteiger partial charge in [-0.1, -0.05) is 12.5 Å². The molecule has 0 aliphatic heterocycles. The fourth-order valence-electron chi connectivity index (χ4n) is 2.69. The number of aliphatic hydroxyl groups is 1. The van der Waals surface area contributed by atoms with Crippen LogP contribution < -0.4 is 5.32 Å². The van der Waals surface area contributed by atoms with E-state index in [1.165, 1.54) is 24.0 Å². The number of nitrogens with one attached hydrogen (secondary N) is 1. The average molecular weight is 235 g/mol. The second-order valence-corrected chi connectivity index (χ2v) is 4.77. The average Bonchev–Trinajstić information content (AvgIpc) is 2.54. The van der Waals surface area contributed by atoms with Gasteiger partial charge >= 0.3 is 0 Å². The van der Waals surface area contributed by atoms with Crippen molar-refractivity contribution in [3.63, 3.8) is 0 Å². The molecule has 1 aromatic rings. The van der Waals surface area contributed by atoms with Crippen LogP contribution in [0.15, 0.2) is 12.1 Å². The lowest BCUT2D eigenvalue weighted by molar-refractivity contribution is 0.172. The molecular weight excluding hydrogens is 214 g/mol. The van der Waals surface area contributed by atoms with Gasteiger partial charge in [0.15, 0.2) is 0 Å². The zero-order chi connectivity index (χ0) is 12.3. The summed E-state index contributed by atoms with van der Waals surface area (Å²) in [5.41, 5.74) is 3.20. The molecule has 0 amide bonds. The molecule has 1 atom stereocenters. The van der Waals surface area contributed by atoms with Crippen LogP contribution in [-0.2, 0) is 12.8 Å². The minimum atomic E-state index is -0.618. The van der Waals surface area contributed by atoms with Gasteiger partial charge in [-0.05, 0) is 49.9 Å². The summed E-state index contributed by atoms with van der Waals surface area (Å²) in [6.45, 7) is 0.476. The lowest BCUT2D eigenvalue weighted by Gasteiger charge is -2.19. The van der Waals surface area contributed by atoms with E-state index in [4.69, 9.17) is 0 Å². The predicted octanol–water partition coefficient (Wildman–Crippen LogP) is 1.91. The summed E-state index contributed by atoms with van der Waals surface area (Å²) in [6.07, 6.45) is 5.01. The number of hydrogen-bond acceptors (Lipinski definition) is 3. The first-order valence-electron chi connectivity index (χ1n) is 6.40. The molecule has 3 N–H and O–H groups in total. The van der Waals surface area contributed by atoms with Crippen molar-refractivity contribution in [3.05, 3.63) is 28.8 Å². The third-order valence-electron chi connectivity index (χ3n) is 3.53. The summed E-state index contributed by atoms with van der Waals surface area (Å²) < 4.78 is 0. The van der Waals surface area contributed by atoms with Gasteiger partial charge in [0, 0.05) is 12.1 Å². The molecule has 0 spiro atoms. The molecule has 17 heavy (non-hydrogen) atoms. The first-order valence-corrected chi connectivity index (χ1v) is 6.40. The van der Waals surface area contributed by atoms with Crippen molar-refractivity contribution in [2.75, 3.05) is 13.6 Å². The number of hydrogen-bond donors (Lipinski definition) is 3. The number of aliphatic hydroxyl groups excluding tert-OH is 1. The number of rotatable bonds is 3. The van der Waals surface area contributed by atoms with Crippen LogP contribution in [0.25, 0.3) is 0 Å². The Balaban J connectivity index is 2.41. The number of aryl methyl sites for hydroxylation is 1. The van der Waals surface area contributed by atoms with Crippen molar-refractivity contribution >= 4 is 0 Å². The van der Waals surface area contributed by atoms with Crippen LogP contribution in [0.5, 0.6) is 5.75 Å². The molecule has 2 rings (SSSR count). The second kappa shape index (κ2) is 5.52. The van der Waals surface area contributed by atoms with Gasteiger partial charge in [-0.15, -0.1) is 0 Å². The molecule has 1 unspecified atom stereocenters. The Kier molecular flexibility index (Phi) is 4.02. The van der Waals surface area contributed by atoms with E-state index in [1.807, 2.05) is 13.1 Å². The predicted molar refractivity (Wildman–Crippen MR) is 68.3 cm³/mol. The van der Waals surface area contributed by atoms with Crippen molar-refractivity contribution in [2.24, 2.45) is 0 Å². The highest BCUT2D eigenvalue weighted by molar-refractivity contribution is 5.46. The zero-order valence-electron chi connectivity index (χ0n) is 10.4. The van der Waals surface area contributed by atoms with Crippen LogP contribution in [0.2, 0.25) is 0 Å². The van der Waals surface area contributed by atoms with E-state index >= 15 is 0 Å². The quantitative estimate of drug-likeness (QED) is 0.702. The fraction of sp³-hybridized carbons (Fsp3) is 0.571. The molecular formula is C14H21NO2. The molecule has 94 valence electrons. The van der Waals surface area contributed by atoms with Crippen LogP contribution in [-0.4, -0.2) is 23.8 Å². The maximum atomic E-state index is 10.1. The van der Waals surface area contributed by atoms with E-state index < -0.39 is 6.10 Å². The molecule has 0 saturated heterocycles. The van der Waals surface area contributed by atoms with Crippen molar-refractivity contribution in [1.29, 1.82) is 0 Å². The third-order valence-corrected chi connectivity index (χ3v) is 3.53. The summed E-state index contributed by atoms with van der Waals surface area (Å²) in [7, 11) is 1.81. The van der Waals surface area contributed by atoms with E-state index in [0.717, 1.165) is 24.8 Å². The Hall–Kier alpha value is -1.06. The summed E-state index contributed by atoms with van der Waals surface area (Å²) in [5.74, 6) is 0.230. The van der Waals surface area contributed by atoms with Gasteiger partial charge in [-0.3, -0.25) is 0 Å². The van der Waals surface area contributed by atoms with Crippen molar-refractivity contribution in [1.82, 2.24) is 5.32 Å². The number of fused-ring (bicyclic) bond motifs is 1. The van der Waals surface area contributed by atoms with E-state index in [0.29, 0.717) is 6.54 Å². The van der Waals surface area contributed by atoms with Crippen LogP contribution in [0.4, 0.5) is 0 Å². The number of likely N-dealkylation sites (N-methyl/N-ethyl adjacent to an activating group) is 1. The van der Waals surface area contributed by atoms with Gasteiger partial charge in [-0.2, -0.15) is 0 Å². The standard InChI is InChI=1S/C14H21NO2/c1-15-9-13(17)14-11-6-4-2-3-5-10(11)7-8-12(14)16/h7-8,13,15-17H,2-6,9H2,1H3. The number of benzene rings is 1. The highest BCUT2D eigenvalue weighted by Gasteiger charge is 2.20. The van der Waals surface area contributed by atoms with Crippen LogP contribution in [0, 0.1) is 0 Å².